The predicted octanol–water partition coefficient (Wildman–Crippen LogP) is 3.08. The molecule has 3 aliphatic rings. The van der Waals surface area contributed by atoms with Crippen LogP contribution in [0.2, 0.25) is 0 Å². The summed E-state index contributed by atoms with van der Waals surface area (Å²) in [5.41, 5.74) is 0.772. The minimum atomic E-state index is -0.477. The first-order valence-corrected chi connectivity index (χ1v) is 10.4. The molecule has 1 saturated heterocycles. The smallest absolute Gasteiger partial charge is 0.251 e. The van der Waals surface area contributed by atoms with Crippen LogP contribution in [0.25, 0.3) is 0 Å². The predicted molar refractivity (Wildman–Crippen MR) is 105 cm³/mol. The van der Waals surface area contributed by atoms with Gasteiger partial charge in [0.2, 0.25) is 5.91 Å². The molecule has 1 amide bonds. The highest BCUT2D eigenvalue weighted by Gasteiger charge is 2.42. The Hall–Kier alpha value is -1.79. The summed E-state index contributed by atoms with van der Waals surface area (Å²) in [6.45, 7) is 9.18. The van der Waals surface area contributed by atoms with Gasteiger partial charge in [0.25, 0.3) is 5.79 Å². The lowest BCUT2D eigenvalue weighted by Crippen LogP contribution is -2.52. The van der Waals surface area contributed by atoms with Crippen molar-refractivity contribution in [2.75, 3.05) is 38.0 Å². The highest BCUT2D eigenvalue weighted by Crippen LogP contribution is 2.46. The molecule has 1 aromatic carbocycles. The minimum absolute atomic E-state index is 0.0335. The number of piperazine rings is 1. The number of nitrogens with zero attached hydrogens (tertiary/aromatic N) is 2. The van der Waals surface area contributed by atoms with Crippen molar-refractivity contribution in [1.82, 2.24) is 9.80 Å². The Balaban J connectivity index is 1.36. The van der Waals surface area contributed by atoms with Gasteiger partial charge in [-0.25, -0.2) is 0 Å². The van der Waals surface area contributed by atoms with E-state index < -0.39 is 5.79 Å². The standard InChI is InChI=1S/C21H31N3O3/c1-3-23-11-13-24(14-12-23)16(2)20(25)22-17-7-8-18-19(15-17)27-21(26-18)9-5-4-6-10-21/h7-8,15-16H,3-6,9-14H2,1-2H3,(H,22,25). The molecule has 0 bridgehead atoms. The molecule has 1 atom stereocenters. The van der Waals surface area contributed by atoms with Crippen molar-refractivity contribution < 1.29 is 14.3 Å². The molecule has 1 N–H and O–H groups in total. The first kappa shape index (κ1) is 18.6. The first-order chi connectivity index (χ1) is 13.1. The summed E-state index contributed by atoms with van der Waals surface area (Å²) < 4.78 is 12.3. The molecule has 1 saturated carbocycles. The average molecular weight is 373 g/mol. The molecule has 1 spiro atoms. The largest absolute Gasteiger partial charge is 0.448 e. The molecule has 6 nitrogen and oxygen atoms in total. The van der Waals surface area contributed by atoms with Crippen molar-refractivity contribution in [2.24, 2.45) is 0 Å². The van der Waals surface area contributed by atoms with E-state index in [1.54, 1.807) is 0 Å². The number of amides is 1. The molecule has 4 rings (SSSR count). The van der Waals surface area contributed by atoms with Crippen LogP contribution in [-0.4, -0.2) is 60.3 Å². The van der Waals surface area contributed by atoms with Gasteiger partial charge in [0.05, 0.1) is 6.04 Å². The Kier molecular flexibility index (Phi) is 5.28. The summed E-state index contributed by atoms with van der Waals surface area (Å²) in [5, 5.41) is 3.06. The van der Waals surface area contributed by atoms with Crippen LogP contribution >= 0.6 is 0 Å². The van der Waals surface area contributed by atoms with Crippen LogP contribution in [0.4, 0.5) is 5.69 Å². The van der Waals surface area contributed by atoms with Crippen LogP contribution in [-0.2, 0) is 4.79 Å². The molecule has 0 aromatic heterocycles. The summed E-state index contributed by atoms with van der Waals surface area (Å²) >= 11 is 0. The van der Waals surface area contributed by atoms with E-state index in [2.05, 4.69) is 22.0 Å². The highest BCUT2D eigenvalue weighted by atomic mass is 16.7. The maximum absolute atomic E-state index is 12.7. The molecule has 2 fully saturated rings. The number of benzene rings is 1. The lowest BCUT2D eigenvalue weighted by Gasteiger charge is -2.36. The highest BCUT2D eigenvalue weighted by molar-refractivity contribution is 5.94. The summed E-state index contributed by atoms with van der Waals surface area (Å²) in [6, 6.07) is 5.58. The monoisotopic (exact) mass is 373 g/mol. The topological polar surface area (TPSA) is 54.0 Å². The number of rotatable bonds is 4. The minimum Gasteiger partial charge on any atom is -0.448 e. The van der Waals surface area contributed by atoms with Crippen LogP contribution < -0.4 is 14.8 Å². The average Bonchev–Trinajstić information content (AvgIpc) is 3.04. The van der Waals surface area contributed by atoms with E-state index in [1.165, 1.54) is 6.42 Å². The summed E-state index contributed by atoms with van der Waals surface area (Å²) in [4.78, 5) is 17.4. The van der Waals surface area contributed by atoms with Gasteiger partial charge in [-0.15, -0.1) is 0 Å². The molecule has 2 aliphatic heterocycles. The second-order valence-corrected chi connectivity index (χ2v) is 7.97. The van der Waals surface area contributed by atoms with Crippen molar-refractivity contribution in [3.63, 3.8) is 0 Å². The van der Waals surface area contributed by atoms with E-state index in [-0.39, 0.29) is 11.9 Å². The van der Waals surface area contributed by atoms with Gasteiger partial charge in [-0.1, -0.05) is 13.3 Å². The maximum Gasteiger partial charge on any atom is 0.251 e. The third-order valence-electron chi connectivity index (χ3n) is 6.20. The van der Waals surface area contributed by atoms with E-state index in [4.69, 9.17) is 9.47 Å². The van der Waals surface area contributed by atoms with E-state index in [1.807, 2.05) is 25.1 Å². The zero-order valence-corrected chi connectivity index (χ0v) is 16.5. The van der Waals surface area contributed by atoms with Crippen LogP contribution in [0.1, 0.15) is 46.0 Å². The number of hydrogen-bond acceptors (Lipinski definition) is 5. The molecule has 27 heavy (non-hydrogen) atoms. The summed E-state index contributed by atoms with van der Waals surface area (Å²) in [7, 11) is 0. The van der Waals surface area contributed by atoms with E-state index in [9.17, 15) is 4.79 Å². The number of fused-ring (bicyclic) bond motifs is 1. The Labute approximate surface area is 161 Å². The lowest BCUT2D eigenvalue weighted by atomic mass is 9.94. The number of ether oxygens (including phenoxy) is 2. The molecule has 2 heterocycles. The Morgan fingerprint density at radius 3 is 2.52 bits per heavy atom. The van der Waals surface area contributed by atoms with Crippen molar-refractivity contribution >= 4 is 11.6 Å². The molecule has 0 radical (unpaired) electrons. The first-order valence-electron chi connectivity index (χ1n) is 10.4. The van der Waals surface area contributed by atoms with Gasteiger partial charge in [-0.2, -0.15) is 0 Å². The fourth-order valence-corrected chi connectivity index (χ4v) is 4.35. The van der Waals surface area contributed by atoms with Gasteiger partial charge in [0.15, 0.2) is 11.5 Å². The quantitative estimate of drug-likeness (QED) is 0.879. The van der Waals surface area contributed by atoms with Crippen molar-refractivity contribution in [1.29, 1.82) is 0 Å². The Morgan fingerprint density at radius 2 is 1.81 bits per heavy atom. The zero-order valence-electron chi connectivity index (χ0n) is 16.5. The molecule has 148 valence electrons. The maximum atomic E-state index is 12.7. The third-order valence-corrected chi connectivity index (χ3v) is 6.20. The lowest BCUT2D eigenvalue weighted by molar-refractivity contribution is -0.121. The van der Waals surface area contributed by atoms with Gasteiger partial charge < -0.3 is 19.7 Å². The molecule has 6 heteroatoms. The van der Waals surface area contributed by atoms with Crippen LogP contribution in [0, 0.1) is 0 Å². The van der Waals surface area contributed by atoms with Gasteiger partial charge in [0, 0.05) is 50.8 Å². The molecule has 1 unspecified atom stereocenters. The number of hydrogen-bond donors (Lipinski definition) is 1. The fraction of sp³-hybridized carbons (Fsp3) is 0.667. The van der Waals surface area contributed by atoms with Gasteiger partial charge in [-0.05, 0) is 38.4 Å². The second kappa shape index (κ2) is 7.68. The number of anilines is 1. The molecular formula is C21H31N3O3. The third kappa shape index (κ3) is 3.92. The van der Waals surface area contributed by atoms with Gasteiger partial charge in [0.1, 0.15) is 0 Å². The number of nitrogens with one attached hydrogen (secondary N) is 1. The van der Waals surface area contributed by atoms with Crippen molar-refractivity contribution in [3.8, 4) is 11.5 Å². The zero-order chi connectivity index (χ0) is 18.9. The summed E-state index contributed by atoms with van der Waals surface area (Å²) in [6.07, 6.45) is 5.39. The SMILES string of the molecule is CCN1CCN(C(C)C(=O)Nc2ccc3c(c2)OC2(CCCCC2)O3)CC1. The molecule has 1 aliphatic carbocycles. The normalized spacial score (nSPS) is 23.3. The van der Waals surface area contributed by atoms with E-state index >= 15 is 0 Å². The molecule has 1 aromatic rings. The number of carbonyl (C=O) groups excluding carboxylic acids is 1. The van der Waals surface area contributed by atoms with Gasteiger partial charge >= 0.3 is 0 Å². The Bertz CT molecular complexity index is 679. The second-order valence-electron chi connectivity index (χ2n) is 7.97. The fourth-order valence-electron chi connectivity index (χ4n) is 4.35. The number of likely N-dealkylation sites (N-methyl/N-ethyl adjacent to an activating group) is 1. The molecular weight excluding hydrogens is 342 g/mol. The van der Waals surface area contributed by atoms with Crippen LogP contribution in [0.5, 0.6) is 11.5 Å². The van der Waals surface area contributed by atoms with E-state index in [0.717, 1.165) is 75.6 Å². The summed E-state index contributed by atoms with van der Waals surface area (Å²) in [5.74, 6) is 1.10. The van der Waals surface area contributed by atoms with Crippen LogP contribution in [0.3, 0.4) is 0 Å². The van der Waals surface area contributed by atoms with Crippen molar-refractivity contribution in [2.45, 2.75) is 57.8 Å². The van der Waals surface area contributed by atoms with Crippen molar-refractivity contribution in [3.05, 3.63) is 18.2 Å². The number of carbonyl (C=O) groups is 1. The van der Waals surface area contributed by atoms with E-state index in [0.29, 0.717) is 0 Å². The Morgan fingerprint density at radius 1 is 1.11 bits per heavy atom. The van der Waals surface area contributed by atoms with Gasteiger partial charge in [-0.3, -0.25) is 9.69 Å². The van der Waals surface area contributed by atoms with Crippen LogP contribution in [0.15, 0.2) is 18.2 Å².